The number of nitrogens with one attached hydrogen (secondary N) is 1. The Morgan fingerprint density at radius 3 is 1.77 bits per heavy atom. The molecule has 3 rings (SSSR count). The van der Waals surface area contributed by atoms with E-state index in [0.717, 1.165) is 43.2 Å². The summed E-state index contributed by atoms with van der Waals surface area (Å²) in [4.78, 5) is 70.7. The molecule has 0 aromatic heterocycles. The van der Waals surface area contributed by atoms with Crippen LogP contribution in [0.5, 0.6) is 0 Å². The van der Waals surface area contributed by atoms with Crippen molar-refractivity contribution in [1.29, 1.82) is 0 Å². The second kappa shape index (κ2) is 22.0. The first-order valence-electron chi connectivity index (χ1n) is 16.0. The van der Waals surface area contributed by atoms with Crippen molar-refractivity contribution < 1.29 is 70.4 Å². The van der Waals surface area contributed by atoms with Crippen LogP contribution in [0.3, 0.4) is 0 Å². The number of aryl methyl sites for hydroxylation is 1. The Kier molecular flexibility index (Phi) is 19.0. The number of unbranched alkanes of at least 4 members (excludes halogenated alkanes) is 3. The van der Waals surface area contributed by atoms with Crippen molar-refractivity contribution in [1.82, 2.24) is 4.90 Å². The maximum Gasteiger partial charge on any atom is 0.490 e. The van der Waals surface area contributed by atoms with Crippen LogP contribution in [0.15, 0.2) is 42.5 Å². The maximum atomic E-state index is 13.5. The van der Waals surface area contributed by atoms with Crippen LogP contribution in [0.4, 0.5) is 37.7 Å². The lowest BCUT2D eigenvalue weighted by Gasteiger charge is -2.23. The number of carbonyl (C=O) groups excluding carboxylic acids is 3. The lowest BCUT2D eigenvalue weighted by atomic mass is 10.0. The fourth-order valence-electron chi connectivity index (χ4n) is 4.54. The molecule has 1 aliphatic heterocycles. The molecule has 0 spiro atoms. The van der Waals surface area contributed by atoms with Crippen molar-refractivity contribution in [2.45, 2.75) is 70.3 Å². The number of hydrogen-bond acceptors (Lipinski definition) is 8. The van der Waals surface area contributed by atoms with Crippen LogP contribution in [-0.2, 0) is 36.9 Å². The molecule has 0 unspecified atom stereocenters. The van der Waals surface area contributed by atoms with Crippen molar-refractivity contribution in [2.24, 2.45) is 11.5 Å². The molecule has 1 heterocycles. The summed E-state index contributed by atoms with van der Waals surface area (Å²) in [5, 5.41) is 26.2. The van der Waals surface area contributed by atoms with Gasteiger partial charge in [0.05, 0.1) is 24.2 Å². The summed E-state index contributed by atoms with van der Waals surface area (Å²) in [6.07, 6.45) is -4.60. The maximum absolute atomic E-state index is 13.5. The van der Waals surface area contributed by atoms with Crippen molar-refractivity contribution in [3.05, 3.63) is 59.2 Å². The molecule has 8 N–H and O–H groups in total. The first kappa shape index (κ1) is 45.8. The van der Waals surface area contributed by atoms with Gasteiger partial charge in [0.1, 0.15) is 6.54 Å². The zero-order valence-electron chi connectivity index (χ0n) is 28.3. The molecule has 0 bridgehead atoms. The summed E-state index contributed by atoms with van der Waals surface area (Å²) in [7, 11) is 0. The number of anilines is 2. The Morgan fingerprint density at radius 2 is 1.26 bits per heavy atom. The van der Waals surface area contributed by atoms with Crippen LogP contribution in [0.25, 0.3) is 0 Å². The summed E-state index contributed by atoms with van der Waals surface area (Å²) in [6, 6.07) is 12.8. The molecule has 1 aliphatic rings. The molecular weight excluding hydrogens is 724 g/mol. The number of carbonyl (C=O) groups is 6. The minimum absolute atomic E-state index is 0.0466. The third-order valence-electron chi connectivity index (χ3n) is 7.18. The molecule has 294 valence electrons. The van der Waals surface area contributed by atoms with Gasteiger partial charge in [-0.1, -0.05) is 31.0 Å². The lowest BCUT2D eigenvalue weighted by Crippen LogP contribution is -2.40. The molecule has 2 aromatic carbocycles. The number of benzene rings is 2. The van der Waals surface area contributed by atoms with Gasteiger partial charge in [-0.15, -0.1) is 0 Å². The molecular formula is C33H41F6N5O9. The van der Waals surface area contributed by atoms with Crippen LogP contribution >= 0.6 is 0 Å². The average Bonchev–Trinajstić information content (AvgIpc) is 3.16. The van der Waals surface area contributed by atoms with Crippen molar-refractivity contribution in [3.8, 4) is 0 Å². The van der Waals surface area contributed by atoms with Gasteiger partial charge in [0.25, 0.3) is 5.91 Å². The first-order valence-corrected chi connectivity index (χ1v) is 16.0. The zero-order chi connectivity index (χ0) is 40.4. The highest BCUT2D eigenvalue weighted by atomic mass is 19.4. The highest BCUT2D eigenvalue weighted by molar-refractivity contribution is 6.09. The highest BCUT2D eigenvalue weighted by Gasteiger charge is 2.39. The number of carboxylic acids is 3. The molecule has 0 radical (unpaired) electrons. The largest absolute Gasteiger partial charge is 0.490 e. The fraction of sp³-hybridized carbons (Fsp3) is 0.455. The average molecular weight is 766 g/mol. The van der Waals surface area contributed by atoms with E-state index in [1.165, 1.54) is 4.90 Å². The fourth-order valence-corrected chi connectivity index (χ4v) is 4.54. The van der Waals surface area contributed by atoms with Gasteiger partial charge >= 0.3 is 30.3 Å². The number of fused-ring (bicyclic) bond motifs is 1. The van der Waals surface area contributed by atoms with E-state index >= 15 is 0 Å². The number of alkyl halides is 6. The van der Waals surface area contributed by atoms with Crippen LogP contribution < -0.4 is 21.7 Å². The normalized spacial score (nSPS) is 12.8. The lowest BCUT2D eigenvalue weighted by molar-refractivity contribution is -0.193. The highest BCUT2D eigenvalue weighted by Crippen LogP contribution is 2.30. The summed E-state index contributed by atoms with van der Waals surface area (Å²) in [6.45, 7) is 1.10. The minimum Gasteiger partial charge on any atom is -0.481 e. The topological polar surface area (TPSA) is 234 Å². The predicted octanol–water partition coefficient (Wildman–Crippen LogP) is 4.16. The van der Waals surface area contributed by atoms with E-state index in [1.807, 2.05) is 30.3 Å². The standard InChI is InChI=1S/C29H39N5O5.2C2HF3O2/c30-15-4-2-1-3-6-21-10-13-25-24(18-21)29(39)33(17-14-28(37)38)20-27(36)34(25)19-22-8-11-23(12-9-22)32-26(35)7-5-16-31;2*3-2(4,5)1(6)7/h8-13,18H,1-7,14-17,19-20,30-31H2,(H,32,35)(H,37,38);2*(H,6,7). The minimum atomic E-state index is -5.08. The Balaban J connectivity index is 0.000000845. The van der Waals surface area contributed by atoms with Gasteiger partial charge in [-0.2, -0.15) is 26.3 Å². The van der Waals surface area contributed by atoms with Gasteiger partial charge < -0.3 is 41.9 Å². The van der Waals surface area contributed by atoms with Crippen molar-refractivity contribution in [3.63, 3.8) is 0 Å². The van der Waals surface area contributed by atoms with Gasteiger partial charge in [0.2, 0.25) is 11.8 Å². The number of halogens is 6. The van der Waals surface area contributed by atoms with E-state index in [4.69, 9.17) is 36.4 Å². The third kappa shape index (κ3) is 17.2. The van der Waals surface area contributed by atoms with Gasteiger partial charge in [0, 0.05) is 18.7 Å². The van der Waals surface area contributed by atoms with Crippen LogP contribution in [0.2, 0.25) is 0 Å². The van der Waals surface area contributed by atoms with Crippen LogP contribution in [-0.4, -0.2) is 94.4 Å². The van der Waals surface area contributed by atoms with E-state index in [2.05, 4.69) is 5.32 Å². The summed E-state index contributed by atoms with van der Waals surface area (Å²) in [5.74, 6) is -7.29. The van der Waals surface area contributed by atoms with Gasteiger partial charge in [-0.05, 0) is 74.2 Å². The van der Waals surface area contributed by atoms with Gasteiger partial charge in [-0.3, -0.25) is 19.2 Å². The number of amides is 3. The number of nitrogens with two attached hydrogens (primary N) is 2. The molecule has 0 saturated carbocycles. The molecule has 0 saturated heterocycles. The summed E-state index contributed by atoms with van der Waals surface area (Å²) < 4.78 is 63.5. The number of nitrogens with zero attached hydrogens (tertiary/aromatic N) is 2. The molecule has 3 amide bonds. The van der Waals surface area contributed by atoms with Crippen molar-refractivity contribution in [2.75, 3.05) is 36.4 Å². The number of aliphatic carboxylic acids is 3. The number of rotatable bonds is 15. The van der Waals surface area contributed by atoms with E-state index < -0.39 is 30.3 Å². The predicted molar refractivity (Wildman–Crippen MR) is 178 cm³/mol. The quantitative estimate of drug-likeness (QED) is 0.111. The molecule has 53 heavy (non-hydrogen) atoms. The van der Waals surface area contributed by atoms with E-state index in [1.54, 1.807) is 17.0 Å². The summed E-state index contributed by atoms with van der Waals surface area (Å²) in [5.41, 5.74) is 14.4. The molecule has 0 fully saturated rings. The Hall–Kier alpha value is -5.24. The summed E-state index contributed by atoms with van der Waals surface area (Å²) >= 11 is 0. The van der Waals surface area contributed by atoms with E-state index in [0.29, 0.717) is 42.9 Å². The third-order valence-corrected chi connectivity index (χ3v) is 7.18. The first-order chi connectivity index (χ1) is 24.7. The zero-order valence-corrected chi connectivity index (χ0v) is 28.3. The second-order valence-electron chi connectivity index (χ2n) is 11.4. The monoisotopic (exact) mass is 765 g/mol. The van der Waals surface area contributed by atoms with Crippen LogP contribution in [0.1, 0.15) is 66.4 Å². The van der Waals surface area contributed by atoms with Crippen LogP contribution in [0, 0.1) is 0 Å². The Morgan fingerprint density at radius 1 is 0.736 bits per heavy atom. The van der Waals surface area contributed by atoms with Gasteiger partial charge in [-0.25, -0.2) is 9.59 Å². The smallest absolute Gasteiger partial charge is 0.481 e. The molecule has 0 aliphatic carbocycles. The Labute approximate surface area is 299 Å². The molecule has 20 heteroatoms. The molecule has 0 atom stereocenters. The van der Waals surface area contributed by atoms with E-state index in [-0.39, 0.29) is 43.8 Å². The molecule has 2 aromatic rings. The number of hydrogen-bond donors (Lipinski definition) is 6. The van der Waals surface area contributed by atoms with Crippen molar-refractivity contribution >= 4 is 47.0 Å². The van der Waals surface area contributed by atoms with Gasteiger partial charge in [0.15, 0.2) is 0 Å². The molecule has 14 nitrogen and oxygen atoms in total. The second-order valence-corrected chi connectivity index (χ2v) is 11.4. The Bertz CT molecular complexity index is 1530. The SMILES string of the molecule is NCCCCCCc1ccc2c(c1)C(=O)N(CCC(=O)O)CC(=O)N2Cc1ccc(NC(=O)CCCN)cc1.O=C(O)C(F)(F)F.O=C(O)C(F)(F)F. The van der Waals surface area contributed by atoms with E-state index in [9.17, 15) is 45.5 Å². The number of carboxylic acid groups (broad SMARTS) is 3.